The van der Waals surface area contributed by atoms with E-state index in [1.807, 2.05) is 4.90 Å². The molecule has 1 amide bonds. The van der Waals surface area contributed by atoms with Crippen molar-refractivity contribution in [2.45, 2.75) is 64.5 Å². The number of hydrogen-bond donors (Lipinski definition) is 0. The summed E-state index contributed by atoms with van der Waals surface area (Å²) in [5.74, 6) is 0.0975. The Morgan fingerprint density at radius 2 is 1.51 bits per heavy atom. The van der Waals surface area contributed by atoms with Crippen LogP contribution in [0.1, 0.15) is 65.0 Å². The van der Waals surface area contributed by atoms with Gasteiger partial charge in [0.15, 0.2) is 0 Å². The molecule has 2 bridgehead atoms. The van der Waals surface area contributed by atoms with Crippen molar-refractivity contribution < 1.29 is 9.53 Å². The monoisotopic (exact) mass is 463 g/mol. The second-order valence-corrected chi connectivity index (χ2v) is 10.5. The number of aryl methyl sites for hydroxylation is 3. The van der Waals surface area contributed by atoms with E-state index in [-0.39, 0.29) is 24.1 Å². The predicted molar refractivity (Wildman–Crippen MR) is 142 cm³/mol. The smallest absolute Gasteiger partial charge is 0.410 e. The molecule has 3 nitrogen and oxygen atoms in total. The Balaban J connectivity index is 1.23. The molecule has 1 fully saturated rings. The lowest BCUT2D eigenvalue weighted by atomic mass is 9.81. The van der Waals surface area contributed by atoms with Crippen LogP contribution in [0.2, 0.25) is 0 Å². The van der Waals surface area contributed by atoms with E-state index in [0.717, 1.165) is 25.7 Å². The maximum absolute atomic E-state index is 13.5. The van der Waals surface area contributed by atoms with E-state index < -0.39 is 0 Å². The second kappa shape index (κ2) is 8.71. The minimum atomic E-state index is -0.159. The van der Waals surface area contributed by atoms with Crippen molar-refractivity contribution in [3.05, 3.63) is 100 Å². The highest BCUT2D eigenvalue weighted by Crippen LogP contribution is 2.45. The van der Waals surface area contributed by atoms with Crippen LogP contribution in [-0.4, -0.2) is 29.7 Å². The molecule has 1 aliphatic carbocycles. The minimum absolute atomic E-state index is 0.0975. The number of rotatable bonds is 3. The van der Waals surface area contributed by atoms with E-state index >= 15 is 0 Å². The molecule has 0 aromatic heterocycles. The van der Waals surface area contributed by atoms with E-state index in [9.17, 15) is 4.79 Å². The van der Waals surface area contributed by atoms with Gasteiger partial charge in [-0.1, -0.05) is 66.7 Å². The number of hydrogen-bond acceptors (Lipinski definition) is 2. The average molecular weight is 464 g/mol. The van der Waals surface area contributed by atoms with Gasteiger partial charge in [0.2, 0.25) is 0 Å². The Morgan fingerprint density at radius 3 is 2.20 bits per heavy atom. The lowest BCUT2D eigenvalue weighted by Gasteiger charge is -2.44. The van der Waals surface area contributed by atoms with Gasteiger partial charge in [-0.3, -0.25) is 4.90 Å². The summed E-state index contributed by atoms with van der Waals surface area (Å²) in [6.45, 7) is 6.95. The number of carbonyl (C=O) groups excluding carboxylic acids is 1. The normalized spacial score (nSPS) is 20.8. The highest BCUT2D eigenvalue weighted by Gasteiger charge is 2.39. The van der Waals surface area contributed by atoms with Crippen molar-refractivity contribution in [3.8, 4) is 11.1 Å². The Kier molecular flexibility index (Phi) is 5.51. The zero-order valence-electron chi connectivity index (χ0n) is 20.9. The van der Waals surface area contributed by atoms with Gasteiger partial charge in [0, 0.05) is 12.0 Å². The Labute approximate surface area is 208 Å². The third kappa shape index (κ3) is 3.78. The number of piperidine rings is 1. The van der Waals surface area contributed by atoms with Crippen molar-refractivity contribution >= 4 is 11.7 Å². The molecule has 178 valence electrons. The molecule has 2 heterocycles. The van der Waals surface area contributed by atoms with Crippen LogP contribution in [0.4, 0.5) is 4.79 Å². The van der Waals surface area contributed by atoms with Crippen molar-refractivity contribution in [1.82, 2.24) is 4.90 Å². The Bertz CT molecular complexity index is 1290. The first-order valence-electron chi connectivity index (χ1n) is 12.9. The number of benzene rings is 3. The Hall–Kier alpha value is -3.33. The number of ether oxygens (including phenoxy) is 1. The molecule has 1 saturated heterocycles. The molecular formula is C32H33NO2. The third-order valence-corrected chi connectivity index (χ3v) is 8.37. The van der Waals surface area contributed by atoms with Gasteiger partial charge in [-0.2, -0.15) is 0 Å². The molecule has 2 unspecified atom stereocenters. The summed E-state index contributed by atoms with van der Waals surface area (Å²) in [6, 6.07) is 22.0. The standard InChI is InChI=1S/C32H33NO2/c1-20-15-22(3)30(16-21(20)2)23-17-24-9-8-10-25(18-23)33(24)32(34)35-19-31-28-13-6-4-11-26(28)27-12-5-7-14-29(27)31/h4-7,11-17,24-25,31H,8-10,18-19H2,1-3H3. The van der Waals surface area contributed by atoms with E-state index in [1.165, 1.54) is 50.1 Å². The summed E-state index contributed by atoms with van der Waals surface area (Å²) in [6.07, 6.45) is 6.31. The third-order valence-electron chi connectivity index (χ3n) is 8.37. The van der Waals surface area contributed by atoms with E-state index in [0.29, 0.717) is 6.61 Å². The zero-order chi connectivity index (χ0) is 24.1. The fraction of sp³-hybridized carbons (Fsp3) is 0.344. The van der Waals surface area contributed by atoms with Gasteiger partial charge >= 0.3 is 6.09 Å². The summed E-state index contributed by atoms with van der Waals surface area (Å²) >= 11 is 0. The van der Waals surface area contributed by atoms with Crippen LogP contribution < -0.4 is 0 Å². The van der Waals surface area contributed by atoms with Crippen molar-refractivity contribution in [2.75, 3.05) is 6.61 Å². The SMILES string of the molecule is Cc1cc(C)c(C2=CC3CCCC(C2)N3C(=O)OCC2c3ccccc3-c3ccccc32)cc1C. The first kappa shape index (κ1) is 22.2. The second-order valence-electron chi connectivity index (χ2n) is 10.5. The van der Waals surface area contributed by atoms with Crippen LogP contribution in [0.25, 0.3) is 16.7 Å². The number of carbonyl (C=O) groups is 1. The van der Waals surface area contributed by atoms with Crippen LogP contribution in [-0.2, 0) is 4.74 Å². The first-order chi connectivity index (χ1) is 17.0. The molecule has 3 aromatic rings. The summed E-state index contributed by atoms with van der Waals surface area (Å²) < 4.78 is 6.07. The quantitative estimate of drug-likeness (QED) is 0.401. The molecule has 3 aromatic carbocycles. The lowest BCUT2D eigenvalue weighted by Crippen LogP contribution is -2.51. The highest BCUT2D eigenvalue weighted by atomic mass is 16.6. The summed E-state index contributed by atoms with van der Waals surface area (Å²) in [7, 11) is 0. The number of amides is 1. The average Bonchev–Trinajstić information content (AvgIpc) is 3.18. The van der Waals surface area contributed by atoms with Gasteiger partial charge in [-0.05, 0) is 96.5 Å². The molecule has 0 saturated carbocycles. The number of nitrogens with zero attached hydrogens (tertiary/aromatic N) is 1. The van der Waals surface area contributed by atoms with Crippen LogP contribution in [0.15, 0.2) is 66.7 Å². The molecule has 0 spiro atoms. The molecule has 3 heteroatoms. The van der Waals surface area contributed by atoms with Gasteiger partial charge in [0.1, 0.15) is 6.61 Å². The topological polar surface area (TPSA) is 29.5 Å². The highest BCUT2D eigenvalue weighted by molar-refractivity contribution is 5.79. The van der Waals surface area contributed by atoms with Gasteiger partial charge < -0.3 is 4.74 Å². The van der Waals surface area contributed by atoms with Crippen LogP contribution >= 0.6 is 0 Å². The Morgan fingerprint density at radius 1 is 0.857 bits per heavy atom. The fourth-order valence-corrected chi connectivity index (χ4v) is 6.49. The van der Waals surface area contributed by atoms with Crippen LogP contribution in [0.5, 0.6) is 0 Å². The van der Waals surface area contributed by atoms with Gasteiger partial charge in [0.25, 0.3) is 0 Å². The molecule has 6 rings (SSSR count). The maximum Gasteiger partial charge on any atom is 0.410 e. The fourth-order valence-electron chi connectivity index (χ4n) is 6.49. The first-order valence-corrected chi connectivity index (χ1v) is 12.9. The molecule has 0 radical (unpaired) electrons. The van der Waals surface area contributed by atoms with E-state index in [4.69, 9.17) is 4.74 Å². The molecule has 2 aliphatic heterocycles. The van der Waals surface area contributed by atoms with Gasteiger partial charge in [0.05, 0.1) is 6.04 Å². The largest absolute Gasteiger partial charge is 0.448 e. The zero-order valence-corrected chi connectivity index (χ0v) is 20.9. The van der Waals surface area contributed by atoms with E-state index in [2.05, 4.69) is 87.5 Å². The maximum atomic E-state index is 13.5. The van der Waals surface area contributed by atoms with Crippen LogP contribution in [0, 0.1) is 20.8 Å². The van der Waals surface area contributed by atoms with Crippen molar-refractivity contribution in [1.29, 1.82) is 0 Å². The minimum Gasteiger partial charge on any atom is -0.448 e. The molecule has 35 heavy (non-hydrogen) atoms. The lowest BCUT2D eigenvalue weighted by molar-refractivity contribution is 0.0539. The summed E-state index contributed by atoms with van der Waals surface area (Å²) in [4.78, 5) is 15.5. The predicted octanol–water partition coefficient (Wildman–Crippen LogP) is 7.57. The summed E-state index contributed by atoms with van der Waals surface area (Å²) in [5.41, 5.74) is 11.8. The van der Waals surface area contributed by atoms with E-state index in [1.54, 1.807) is 0 Å². The molecular weight excluding hydrogens is 430 g/mol. The van der Waals surface area contributed by atoms with Gasteiger partial charge in [-0.15, -0.1) is 0 Å². The van der Waals surface area contributed by atoms with Crippen LogP contribution in [0.3, 0.4) is 0 Å². The molecule has 0 N–H and O–H groups in total. The molecule has 2 atom stereocenters. The number of fused-ring (bicyclic) bond motifs is 5. The van der Waals surface area contributed by atoms with Crippen molar-refractivity contribution in [3.63, 3.8) is 0 Å². The van der Waals surface area contributed by atoms with Crippen molar-refractivity contribution in [2.24, 2.45) is 0 Å². The molecule has 3 aliphatic rings. The summed E-state index contributed by atoms with van der Waals surface area (Å²) in [5, 5.41) is 0. The van der Waals surface area contributed by atoms with Gasteiger partial charge in [-0.25, -0.2) is 4.79 Å².